The molecule has 0 unspecified atom stereocenters. The molecule has 4 aromatic rings. The molecule has 1 aromatic heterocycles. The van der Waals surface area contributed by atoms with Gasteiger partial charge in [0.1, 0.15) is 0 Å². The van der Waals surface area contributed by atoms with Crippen LogP contribution in [-0.4, -0.2) is 39.0 Å². The summed E-state index contributed by atoms with van der Waals surface area (Å²) in [4.78, 5) is 34.7. The van der Waals surface area contributed by atoms with Gasteiger partial charge >= 0.3 is 0 Å². The number of nitrogens with zero attached hydrogens (tertiary/aromatic N) is 2. The fourth-order valence-corrected chi connectivity index (χ4v) is 4.67. The second-order valence-electron chi connectivity index (χ2n) is 7.51. The molecule has 5 nitrogen and oxygen atoms in total. The van der Waals surface area contributed by atoms with Gasteiger partial charge in [0.15, 0.2) is 5.16 Å². The van der Waals surface area contributed by atoms with E-state index in [1.54, 1.807) is 36.0 Å². The summed E-state index contributed by atoms with van der Waals surface area (Å²) >= 11 is 1.60. The summed E-state index contributed by atoms with van der Waals surface area (Å²) in [5.74, 6) is 0.335. The third-order valence-electron chi connectivity index (χ3n) is 5.43. The van der Waals surface area contributed by atoms with E-state index < -0.39 is 0 Å². The van der Waals surface area contributed by atoms with Gasteiger partial charge in [-0.05, 0) is 18.6 Å². The Hall–Kier alpha value is -3.64. The highest BCUT2D eigenvalue weighted by atomic mass is 32.2. The number of nitrogens with one attached hydrogen (secondary N) is 1. The minimum Gasteiger partial charge on any atom is -0.332 e. The van der Waals surface area contributed by atoms with E-state index in [0.29, 0.717) is 24.1 Å². The predicted molar refractivity (Wildman–Crippen MR) is 127 cm³/mol. The lowest BCUT2D eigenvalue weighted by Crippen LogP contribution is -2.31. The Morgan fingerprint density at radius 3 is 1.94 bits per heavy atom. The van der Waals surface area contributed by atoms with Gasteiger partial charge in [-0.1, -0.05) is 84.6 Å². The van der Waals surface area contributed by atoms with E-state index in [1.165, 1.54) is 4.90 Å². The zero-order chi connectivity index (χ0) is 21.9. The Balaban J connectivity index is 1.28. The molecule has 0 spiro atoms. The van der Waals surface area contributed by atoms with Gasteiger partial charge in [-0.2, -0.15) is 0 Å². The number of rotatable bonds is 7. The van der Waals surface area contributed by atoms with E-state index in [2.05, 4.69) is 29.2 Å². The summed E-state index contributed by atoms with van der Waals surface area (Å²) in [5, 5.41) is 0.824. The number of fused-ring (bicyclic) bond motifs is 1. The lowest BCUT2D eigenvalue weighted by atomic mass is 10.1. The SMILES string of the molecule is O=C1c2ccccc2C(=O)N1CCCSc1nc(-c2ccccc2)c(-c2ccccc2)[nH]1. The van der Waals surface area contributed by atoms with Crippen molar-refractivity contribution >= 4 is 23.6 Å². The smallest absolute Gasteiger partial charge is 0.261 e. The molecule has 0 saturated heterocycles. The van der Waals surface area contributed by atoms with Gasteiger partial charge in [0.2, 0.25) is 0 Å². The quantitative estimate of drug-likeness (QED) is 0.234. The number of aromatic amines is 1. The number of thioether (sulfide) groups is 1. The molecule has 158 valence electrons. The maximum Gasteiger partial charge on any atom is 0.261 e. The van der Waals surface area contributed by atoms with Gasteiger partial charge in [0.05, 0.1) is 22.5 Å². The van der Waals surface area contributed by atoms with Crippen molar-refractivity contribution in [3.63, 3.8) is 0 Å². The summed E-state index contributed by atoms with van der Waals surface area (Å²) < 4.78 is 0. The highest BCUT2D eigenvalue weighted by Gasteiger charge is 2.34. The van der Waals surface area contributed by atoms with E-state index in [1.807, 2.05) is 36.4 Å². The Bertz CT molecular complexity index is 1180. The summed E-state index contributed by atoms with van der Waals surface area (Å²) in [6, 6.07) is 27.3. The van der Waals surface area contributed by atoms with Crippen LogP contribution in [0.1, 0.15) is 27.1 Å². The summed E-state index contributed by atoms with van der Waals surface area (Å²) in [6.07, 6.45) is 0.693. The Morgan fingerprint density at radius 1 is 0.750 bits per heavy atom. The van der Waals surface area contributed by atoms with Crippen molar-refractivity contribution in [2.75, 3.05) is 12.3 Å². The number of imide groups is 1. The van der Waals surface area contributed by atoms with Crippen LogP contribution >= 0.6 is 11.8 Å². The van der Waals surface area contributed by atoms with Gasteiger partial charge in [-0.25, -0.2) is 4.98 Å². The summed E-state index contributed by atoms with van der Waals surface area (Å²) in [7, 11) is 0. The van der Waals surface area contributed by atoms with E-state index in [4.69, 9.17) is 4.98 Å². The van der Waals surface area contributed by atoms with Gasteiger partial charge in [0.25, 0.3) is 11.8 Å². The largest absolute Gasteiger partial charge is 0.332 e. The molecule has 5 rings (SSSR count). The molecular weight excluding hydrogens is 418 g/mol. The number of carbonyl (C=O) groups is 2. The first-order valence-corrected chi connectivity index (χ1v) is 11.5. The molecule has 0 bridgehead atoms. The molecule has 2 amide bonds. The number of amides is 2. The third-order valence-corrected chi connectivity index (χ3v) is 6.39. The highest BCUT2D eigenvalue weighted by Crippen LogP contribution is 2.33. The first-order chi connectivity index (χ1) is 15.7. The van der Waals surface area contributed by atoms with Crippen LogP contribution in [0.25, 0.3) is 22.5 Å². The summed E-state index contributed by atoms with van der Waals surface area (Å²) in [5.41, 5.74) is 5.03. The minimum absolute atomic E-state index is 0.202. The van der Waals surface area contributed by atoms with Crippen LogP contribution in [0.4, 0.5) is 0 Å². The Labute approximate surface area is 190 Å². The van der Waals surface area contributed by atoms with E-state index in [9.17, 15) is 9.59 Å². The average Bonchev–Trinajstić information content (AvgIpc) is 3.38. The number of carbonyl (C=O) groups excluding carboxylic acids is 2. The van der Waals surface area contributed by atoms with Crippen molar-refractivity contribution in [3.05, 3.63) is 96.1 Å². The Kier molecular flexibility index (Phi) is 5.60. The van der Waals surface area contributed by atoms with Gasteiger partial charge in [-0.15, -0.1) is 0 Å². The molecule has 32 heavy (non-hydrogen) atoms. The molecule has 6 heteroatoms. The lowest BCUT2D eigenvalue weighted by molar-refractivity contribution is 0.0655. The number of imidazole rings is 1. The zero-order valence-corrected chi connectivity index (χ0v) is 18.1. The number of hydrogen-bond donors (Lipinski definition) is 1. The van der Waals surface area contributed by atoms with Crippen molar-refractivity contribution in [2.24, 2.45) is 0 Å². The molecule has 3 aromatic carbocycles. The maximum atomic E-state index is 12.5. The minimum atomic E-state index is -0.202. The number of aromatic nitrogens is 2. The molecule has 1 N–H and O–H groups in total. The van der Waals surface area contributed by atoms with Crippen molar-refractivity contribution in [3.8, 4) is 22.5 Å². The van der Waals surface area contributed by atoms with Crippen molar-refractivity contribution in [1.29, 1.82) is 0 Å². The molecule has 0 saturated carbocycles. The molecule has 0 atom stereocenters. The molecule has 0 fully saturated rings. The number of benzene rings is 3. The first-order valence-electron chi connectivity index (χ1n) is 10.5. The molecule has 0 radical (unpaired) electrons. The lowest BCUT2D eigenvalue weighted by Gasteiger charge is -2.12. The van der Waals surface area contributed by atoms with Crippen LogP contribution in [0.2, 0.25) is 0 Å². The second kappa shape index (κ2) is 8.85. The second-order valence-corrected chi connectivity index (χ2v) is 8.59. The van der Waals surface area contributed by atoms with Crippen molar-refractivity contribution < 1.29 is 9.59 Å². The normalized spacial score (nSPS) is 12.9. The molecule has 1 aliphatic heterocycles. The topological polar surface area (TPSA) is 66.1 Å². The van der Waals surface area contributed by atoms with Crippen molar-refractivity contribution in [2.45, 2.75) is 11.6 Å². The van der Waals surface area contributed by atoms with Crippen LogP contribution in [0, 0.1) is 0 Å². The number of hydrogen-bond acceptors (Lipinski definition) is 4. The fraction of sp³-hybridized carbons (Fsp3) is 0.115. The average molecular weight is 440 g/mol. The maximum absolute atomic E-state index is 12.5. The van der Waals surface area contributed by atoms with Crippen LogP contribution in [-0.2, 0) is 0 Å². The van der Waals surface area contributed by atoms with Gasteiger partial charge in [-0.3, -0.25) is 14.5 Å². The van der Waals surface area contributed by atoms with Gasteiger partial charge < -0.3 is 4.98 Å². The predicted octanol–water partition coefficient (Wildman–Crippen LogP) is 5.52. The molecule has 0 aliphatic carbocycles. The first kappa shape index (κ1) is 20.3. The standard InChI is InChI=1S/C26H21N3O2S/c30-24-20-14-7-8-15-21(20)25(31)29(24)16-9-17-32-26-27-22(18-10-3-1-4-11-18)23(28-26)19-12-5-2-6-13-19/h1-8,10-15H,9,16-17H2,(H,27,28). The van der Waals surface area contributed by atoms with E-state index >= 15 is 0 Å². The van der Waals surface area contributed by atoms with Crippen molar-refractivity contribution in [1.82, 2.24) is 14.9 Å². The third kappa shape index (κ3) is 3.85. The van der Waals surface area contributed by atoms with Crippen LogP contribution < -0.4 is 0 Å². The van der Waals surface area contributed by atoms with Crippen LogP contribution in [0.3, 0.4) is 0 Å². The van der Waals surface area contributed by atoms with E-state index in [-0.39, 0.29) is 11.8 Å². The van der Waals surface area contributed by atoms with Crippen LogP contribution in [0.15, 0.2) is 90.1 Å². The van der Waals surface area contributed by atoms with Crippen LogP contribution in [0.5, 0.6) is 0 Å². The Morgan fingerprint density at radius 2 is 1.31 bits per heavy atom. The molecular formula is C26H21N3O2S. The number of H-pyrrole nitrogens is 1. The monoisotopic (exact) mass is 439 g/mol. The van der Waals surface area contributed by atoms with Gasteiger partial charge in [0, 0.05) is 23.4 Å². The molecule has 2 heterocycles. The molecule has 1 aliphatic rings. The van der Waals surface area contributed by atoms with E-state index in [0.717, 1.165) is 33.4 Å². The highest BCUT2D eigenvalue weighted by molar-refractivity contribution is 7.99. The summed E-state index contributed by atoms with van der Waals surface area (Å²) in [6.45, 7) is 0.400. The zero-order valence-electron chi connectivity index (χ0n) is 17.3. The fourth-order valence-electron chi connectivity index (χ4n) is 3.87.